The second-order valence-electron chi connectivity index (χ2n) is 8.97. The van der Waals surface area contributed by atoms with Gasteiger partial charge in [0.15, 0.2) is 0 Å². The molecule has 3 atom stereocenters. The topological polar surface area (TPSA) is 109 Å². The fraction of sp³-hybridized carbons (Fsp3) is 0.423. The molecule has 2 aliphatic heterocycles. The number of benzene rings is 2. The SMILES string of the molecule is CCNC(=O)Nc1ccc2c(c1)C(=O)N(C)[C@@H]1CC[C@@H](CC(=O)NCc3ccc(F)cc3)O[C@H]1CO2. The van der Waals surface area contributed by atoms with E-state index in [0.717, 1.165) is 5.56 Å². The van der Waals surface area contributed by atoms with Crippen LogP contribution in [0.4, 0.5) is 14.9 Å². The summed E-state index contributed by atoms with van der Waals surface area (Å²) in [5.74, 6) is -0.288. The van der Waals surface area contributed by atoms with Crippen molar-refractivity contribution in [1.82, 2.24) is 15.5 Å². The minimum Gasteiger partial charge on any atom is -0.490 e. The van der Waals surface area contributed by atoms with Gasteiger partial charge in [-0.3, -0.25) is 9.59 Å². The molecule has 9 nitrogen and oxygen atoms in total. The quantitative estimate of drug-likeness (QED) is 0.567. The lowest BCUT2D eigenvalue weighted by Crippen LogP contribution is -2.53. The van der Waals surface area contributed by atoms with E-state index in [-0.39, 0.29) is 54.9 Å². The first kappa shape index (κ1) is 25.4. The van der Waals surface area contributed by atoms with E-state index >= 15 is 0 Å². The van der Waals surface area contributed by atoms with Crippen molar-refractivity contribution in [3.63, 3.8) is 0 Å². The highest BCUT2D eigenvalue weighted by molar-refractivity contribution is 5.99. The number of hydrogen-bond donors (Lipinski definition) is 3. The predicted octanol–water partition coefficient (Wildman–Crippen LogP) is 3.05. The molecule has 0 saturated carbocycles. The number of rotatable bonds is 6. The summed E-state index contributed by atoms with van der Waals surface area (Å²) < 4.78 is 25.2. The van der Waals surface area contributed by atoms with Gasteiger partial charge in [0.1, 0.15) is 24.3 Å². The van der Waals surface area contributed by atoms with E-state index < -0.39 is 0 Å². The molecule has 1 fully saturated rings. The van der Waals surface area contributed by atoms with Gasteiger partial charge in [0.25, 0.3) is 5.91 Å². The van der Waals surface area contributed by atoms with E-state index in [0.29, 0.717) is 42.9 Å². The Hall–Kier alpha value is -3.66. The lowest BCUT2D eigenvalue weighted by molar-refractivity contribution is -0.134. The number of amides is 4. The fourth-order valence-electron chi connectivity index (χ4n) is 4.52. The fourth-order valence-corrected chi connectivity index (χ4v) is 4.52. The van der Waals surface area contributed by atoms with Crippen molar-refractivity contribution in [3.05, 3.63) is 59.4 Å². The van der Waals surface area contributed by atoms with Crippen LogP contribution >= 0.6 is 0 Å². The second-order valence-corrected chi connectivity index (χ2v) is 8.97. The summed E-state index contributed by atoms with van der Waals surface area (Å²) in [7, 11) is 1.73. The Morgan fingerprint density at radius 3 is 2.64 bits per heavy atom. The van der Waals surface area contributed by atoms with E-state index in [9.17, 15) is 18.8 Å². The number of likely N-dealkylation sites (N-methyl/N-ethyl adjacent to an activating group) is 1. The first-order valence-electron chi connectivity index (χ1n) is 12.1. The number of fused-ring (bicyclic) bond motifs is 2. The number of nitrogens with zero attached hydrogens (tertiary/aromatic N) is 1. The Morgan fingerprint density at radius 2 is 1.89 bits per heavy atom. The molecule has 0 bridgehead atoms. The maximum absolute atomic E-state index is 13.3. The van der Waals surface area contributed by atoms with Gasteiger partial charge in [-0.1, -0.05) is 12.1 Å². The Labute approximate surface area is 209 Å². The van der Waals surface area contributed by atoms with Crippen molar-refractivity contribution in [1.29, 1.82) is 0 Å². The molecule has 4 amide bonds. The van der Waals surface area contributed by atoms with Crippen LogP contribution in [-0.4, -0.2) is 61.2 Å². The molecule has 0 aliphatic carbocycles. The van der Waals surface area contributed by atoms with Crippen molar-refractivity contribution >= 4 is 23.5 Å². The van der Waals surface area contributed by atoms with Gasteiger partial charge in [0.2, 0.25) is 5.91 Å². The third kappa shape index (κ3) is 6.12. The molecule has 36 heavy (non-hydrogen) atoms. The molecular weight excluding hydrogens is 467 g/mol. The number of anilines is 1. The average molecular weight is 499 g/mol. The molecule has 192 valence electrons. The van der Waals surface area contributed by atoms with Crippen molar-refractivity contribution in [2.45, 2.75) is 51.0 Å². The largest absolute Gasteiger partial charge is 0.490 e. The van der Waals surface area contributed by atoms with Crippen LogP contribution in [0.15, 0.2) is 42.5 Å². The molecule has 0 unspecified atom stereocenters. The van der Waals surface area contributed by atoms with E-state index in [1.807, 2.05) is 6.92 Å². The van der Waals surface area contributed by atoms with Crippen LogP contribution in [0.5, 0.6) is 5.75 Å². The first-order valence-corrected chi connectivity index (χ1v) is 12.1. The van der Waals surface area contributed by atoms with Gasteiger partial charge >= 0.3 is 6.03 Å². The Morgan fingerprint density at radius 1 is 1.11 bits per heavy atom. The summed E-state index contributed by atoms with van der Waals surface area (Å²) in [6.07, 6.45) is 0.790. The highest BCUT2D eigenvalue weighted by Crippen LogP contribution is 2.32. The summed E-state index contributed by atoms with van der Waals surface area (Å²) in [6, 6.07) is 10.4. The van der Waals surface area contributed by atoms with Gasteiger partial charge in [-0.15, -0.1) is 0 Å². The molecule has 2 heterocycles. The lowest BCUT2D eigenvalue weighted by Gasteiger charge is -2.42. The highest BCUT2D eigenvalue weighted by atomic mass is 19.1. The number of nitrogens with one attached hydrogen (secondary N) is 3. The highest BCUT2D eigenvalue weighted by Gasteiger charge is 2.39. The van der Waals surface area contributed by atoms with Crippen LogP contribution in [-0.2, 0) is 16.1 Å². The molecule has 0 spiro atoms. The van der Waals surface area contributed by atoms with Crippen LogP contribution in [0.1, 0.15) is 42.1 Å². The molecule has 10 heteroatoms. The Bertz CT molecular complexity index is 1110. The number of hydrogen-bond acceptors (Lipinski definition) is 5. The van der Waals surface area contributed by atoms with Gasteiger partial charge < -0.3 is 30.3 Å². The third-order valence-electron chi connectivity index (χ3n) is 6.42. The lowest BCUT2D eigenvalue weighted by atomic mass is 9.94. The average Bonchev–Trinajstić information content (AvgIpc) is 2.86. The molecule has 2 aromatic rings. The number of carbonyl (C=O) groups excluding carboxylic acids is 3. The minimum absolute atomic E-state index is 0.156. The zero-order chi connectivity index (χ0) is 25.7. The van der Waals surface area contributed by atoms with Crippen molar-refractivity contribution in [2.75, 3.05) is 25.5 Å². The molecule has 4 rings (SSSR count). The van der Waals surface area contributed by atoms with Crippen molar-refractivity contribution < 1.29 is 28.2 Å². The van der Waals surface area contributed by atoms with E-state index in [1.165, 1.54) is 12.1 Å². The molecule has 3 N–H and O–H groups in total. The van der Waals surface area contributed by atoms with Crippen LogP contribution < -0.4 is 20.7 Å². The van der Waals surface area contributed by atoms with Gasteiger partial charge in [0, 0.05) is 25.8 Å². The number of urea groups is 1. The molecule has 2 aliphatic rings. The van der Waals surface area contributed by atoms with Crippen molar-refractivity contribution in [2.24, 2.45) is 0 Å². The molecule has 0 aromatic heterocycles. The van der Waals surface area contributed by atoms with Crippen LogP contribution in [0.3, 0.4) is 0 Å². The van der Waals surface area contributed by atoms with E-state index in [2.05, 4.69) is 16.0 Å². The molecular formula is C26H31FN4O5. The number of carbonyl (C=O) groups is 3. The van der Waals surface area contributed by atoms with Gasteiger partial charge in [-0.25, -0.2) is 9.18 Å². The van der Waals surface area contributed by atoms with Gasteiger partial charge in [-0.05, 0) is 55.7 Å². The smallest absolute Gasteiger partial charge is 0.319 e. The first-order chi connectivity index (χ1) is 17.3. The number of halogens is 1. The molecule has 0 radical (unpaired) electrons. The summed E-state index contributed by atoms with van der Waals surface area (Å²) in [5.41, 5.74) is 1.67. The summed E-state index contributed by atoms with van der Waals surface area (Å²) >= 11 is 0. The summed E-state index contributed by atoms with van der Waals surface area (Å²) in [6.45, 7) is 2.85. The summed E-state index contributed by atoms with van der Waals surface area (Å²) in [4.78, 5) is 39.3. The van der Waals surface area contributed by atoms with Crippen LogP contribution in [0.25, 0.3) is 0 Å². The maximum Gasteiger partial charge on any atom is 0.319 e. The van der Waals surface area contributed by atoms with Crippen molar-refractivity contribution in [3.8, 4) is 5.75 Å². The monoisotopic (exact) mass is 498 g/mol. The van der Waals surface area contributed by atoms with Crippen LogP contribution in [0.2, 0.25) is 0 Å². The zero-order valence-corrected chi connectivity index (χ0v) is 20.4. The van der Waals surface area contributed by atoms with Gasteiger partial charge in [0.05, 0.1) is 24.1 Å². The normalized spacial score (nSPS) is 21.2. The van der Waals surface area contributed by atoms with E-state index in [4.69, 9.17) is 9.47 Å². The van der Waals surface area contributed by atoms with Gasteiger partial charge in [-0.2, -0.15) is 0 Å². The second kappa shape index (κ2) is 11.4. The third-order valence-corrected chi connectivity index (χ3v) is 6.42. The minimum atomic E-state index is -0.385. The van der Waals surface area contributed by atoms with E-state index in [1.54, 1.807) is 42.3 Å². The standard InChI is InChI=1S/C26H31FN4O5/c1-3-28-26(34)30-18-8-11-22-20(12-18)25(33)31(2)21-10-9-19(36-23(21)15-35-22)13-24(32)29-14-16-4-6-17(27)7-5-16/h4-8,11-12,19,21,23H,3,9-10,13-15H2,1-2H3,(H,29,32)(H2,28,30,34)/t19-,21+,23-/m0/s1. The predicted molar refractivity (Wildman–Crippen MR) is 131 cm³/mol. The molecule has 2 aromatic carbocycles. The number of ether oxygens (including phenoxy) is 2. The summed E-state index contributed by atoms with van der Waals surface area (Å²) in [5, 5.41) is 8.21. The Kier molecular flexibility index (Phi) is 8.04. The zero-order valence-electron chi connectivity index (χ0n) is 20.4. The Balaban J connectivity index is 1.37. The van der Waals surface area contributed by atoms with Crippen LogP contribution in [0, 0.1) is 5.82 Å². The maximum atomic E-state index is 13.3. The molecule has 1 saturated heterocycles.